The Balaban J connectivity index is 0.000000829. The molecule has 116 valence electrons. The minimum atomic E-state index is 0.815. The van der Waals surface area contributed by atoms with Gasteiger partial charge in [-0.2, -0.15) is 0 Å². The molecule has 0 radical (unpaired) electrons. The standard InChI is InChI=1S/C13H19NO2.2C2H6/c1-14-7-5-4-6-10-8-12(15-2)13(16-3)9-11(10)14;2*1-2/h8-9H,4-7H2,1-3H3;2*1-2H3. The Morgan fingerprint density at radius 3 is 2.00 bits per heavy atom. The second-order valence-corrected chi connectivity index (χ2v) is 4.21. The number of ether oxygens (including phenoxy) is 2. The highest BCUT2D eigenvalue weighted by molar-refractivity contribution is 5.62. The number of nitrogens with zero attached hydrogens (tertiary/aromatic N) is 1. The molecule has 0 unspecified atom stereocenters. The number of benzene rings is 1. The molecule has 0 fully saturated rings. The molecular weight excluding hydrogens is 250 g/mol. The quantitative estimate of drug-likeness (QED) is 0.795. The zero-order valence-corrected chi connectivity index (χ0v) is 14.2. The van der Waals surface area contributed by atoms with Crippen LogP contribution in [0.15, 0.2) is 12.1 Å². The van der Waals surface area contributed by atoms with Crippen molar-refractivity contribution in [3.63, 3.8) is 0 Å². The summed E-state index contributed by atoms with van der Waals surface area (Å²) < 4.78 is 10.7. The van der Waals surface area contributed by atoms with Crippen LogP contribution < -0.4 is 14.4 Å². The summed E-state index contributed by atoms with van der Waals surface area (Å²) in [5, 5.41) is 0. The first kappa shape index (κ1) is 18.6. The lowest BCUT2D eigenvalue weighted by atomic mass is 10.1. The lowest BCUT2D eigenvalue weighted by Gasteiger charge is -2.21. The van der Waals surface area contributed by atoms with E-state index in [0.29, 0.717) is 0 Å². The lowest BCUT2D eigenvalue weighted by Crippen LogP contribution is -2.17. The number of fused-ring (bicyclic) bond motifs is 1. The Hall–Kier alpha value is -1.38. The fourth-order valence-corrected chi connectivity index (χ4v) is 2.25. The molecule has 0 saturated carbocycles. The highest BCUT2D eigenvalue weighted by atomic mass is 16.5. The summed E-state index contributed by atoms with van der Waals surface area (Å²) >= 11 is 0. The van der Waals surface area contributed by atoms with Crippen LogP contribution in [-0.2, 0) is 6.42 Å². The van der Waals surface area contributed by atoms with Gasteiger partial charge in [0, 0.05) is 25.3 Å². The van der Waals surface area contributed by atoms with Gasteiger partial charge in [0.2, 0.25) is 0 Å². The fourth-order valence-electron chi connectivity index (χ4n) is 2.25. The molecule has 1 aromatic rings. The molecule has 0 N–H and O–H groups in total. The lowest BCUT2D eigenvalue weighted by molar-refractivity contribution is 0.354. The summed E-state index contributed by atoms with van der Waals surface area (Å²) in [6, 6.07) is 4.19. The van der Waals surface area contributed by atoms with E-state index in [9.17, 15) is 0 Å². The number of anilines is 1. The van der Waals surface area contributed by atoms with E-state index in [-0.39, 0.29) is 0 Å². The first-order valence-corrected chi connectivity index (χ1v) is 7.72. The second kappa shape index (κ2) is 10.4. The summed E-state index contributed by atoms with van der Waals surface area (Å²) in [4.78, 5) is 2.30. The SMILES string of the molecule is CC.CC.COc1cc2c(cc1OC)N(C)CCCC2. The molecule has 3 nitrogen and oxygen atoms in total. The second-order valence-electron chi connectivity index (χ2n) is 4.21. The van der Waals surface area contributed by atoms with Crippen molar-refractivity contribution in [3.05, 3.63) is 17.7 Å². The Bertz CT molecular complexity index is 377. The molecule has 2 rings (SSSR count). The average molecular weight is 281 g/mol. The average Bonchev–Trinajstić information content (AvgIpc) is 2.71. The summed E-state index contributed by atoms with van der Waals surface area (Å²) in [5.41, 5.74) is 2.63. The maximum atomic E-state index is 5.34. The van der Waals surface area contributed by atoms with E-state index >= 15 is 0 Å². The molecule has 0 aromatic heterocycles. The van der Waals surface area contributed by atoms with Gasteiger partial charge in [-0.05, 0) is 30.9 Å². The smallest absolute Gasteiger partial charge is 0.162 e. The minimum Gasteiger partial charge on any atom is -0.493 e. The molecule has 0 atom stereocenters. The van der Waals surface area contributed by atoms with Crippen LogP contribution in [0.2, 0.25) is 0 Å². The van der Waals surface area contributed by atoms with Gasteiger partial charge in [-0.3, -0.25) is 0 Å². The van der Waals surface area contributed by atoms with E-state index in [1.54, 1.807) is 14.2 Å². The van der Waals surface area contributed by atoms with Gasteiger partial charge in [-0.1, -0.05) is 27.7 Å². The maximum Gasteiger partial charge on any atom is 0.162 e. The molecule has 1 aromatic carbocycles. The molecule has 3 heteroatoms. The molecule has 1 aliphatic heterocycles. The van der Waals surface area contributed by atoms with Crippen molar-refractivity contribution in [1.82, 2.24) is 0 Å². The highest BCUT2D eigenvalue weighted by Crippen LogP contribution is 2.36. The molecule has 0 spiro atoms. The number of methoxy groups -OCH3 is 2. The van der Waals surface area contributed by atoms with Gasteiger partial charge in [0.05, 0.1) is 14.2 Å². The molecule has 0 bridgehead atoms. The molecule has 0 saturated heterocycles. The van der Waals surface area contributed by atoms with Crippen molar-refractivity contribution < 1.29 is 9.47 Å². The van der Waals surface area contributed by atoms with Crippen molar-refractivity contribution in [1.29, 1.82) is 0 Å². The summed E-state index contributed by atoms with van der Waals surface area (Å²) in [6.07, 6.45) is 3.61. The Labute approximate surface area is 124 Å². The van der Waals surface area contributed by atoms with Crippen molar-refractivity contribution in [2.45, 2.75) is 47.0 Å². The Morgan fingerprint density at radius 2 is 1.45 bits per heavy atom. The Morgan fingerprint density at radius 1 is 0.900 bits per heavy atom. The summed E-state index contributed by atoms with van der Waals surface area (Å²) in [6.45, 7) is 9.11. The van der Waals surface area contributed by atoms with Crippen molar-refractivity contribution in [3.8, 4) is 11.5 Å². The largest absolute Gasteiger partial charge is 0.493 e. The van der Waals surface area contributed by atoms with Crippen LogP contribution in [-0.4, -0.2) is 27.8 Å². The Kier molecular flexibility index (Phi) is 9.69. The molecule has 20 heavy (non-hydrogen) atoms. The van der Waals surface area contributed by atoms with Crippen LogP contribution >= 0.6 is 0 Å². The first-order chi connectivity index (χ1) is 9.76. The van der Waals surface area contributed by atoms with Crippen LogP contribution in [0.5, 0.6) is 11.5 Å². The summed E-state index contributed by atoms with van der Waals surface area (Å²) in [7, 11) is 5.50. The molecule has 1 aliphatic rings. The maximum absolute atomic E-state index is 5.34. The van der Waals surface area contributed by atoms with E-state index in [1.807, 2.05) is 27.7 Å². The molecule has 0 aliphatic carbocycles. The number of hydrogen-bond acceptors (Lipinski definition) is 3. The zero-order chi connectivity index (χ0) is 15.5. The van der Waals surface area contributed by atoms with E-state index in [1.165, 1.54) is 24.1 Å². The number of rotatable bonds is 2. The number of aryl methyl sites for hydroxylation is 1. The van der Waals surface area contributed by atoms with Gasteiger partial charge in [0.1, 0.15) is 0 Å². The van der Waals surface area contributed by atoms with Crippen molar-refractivity contribution in [2.75, 3.05) is 32.7 Å². The third-order valence-corrected chi connectivity index (χ3v) is 3.19. The van der Waals surface area contributed by atoms with Crippen LogP contribution in [0.4, 0.5) is 5.69 Å². The third kappa shape index (κ3) is 4.62. The monoisotopic (exact) mass is 281 g/mol. The third-order valence-electron chi connectivity index (χ3n) is 3.19. The zero-order valence-electron chi connectivity index (χ0n) is 14.2. The van der Waals surface area contributed by atoms with Gasteiger partial charge >= 0.3 is 0 Å². The van der Waals surface area contributed by atoms with Crippen LogP contribution in [0.25, 0.3) is 0 Å². The van der Waals surface area contributed by atoms with Gasteiger partial charge < -0.3 is 14.4 Å². The van der Waals surface area contributed by atoms with Gasteiger partial charge in [-0.25, -0.2) is 0 Å². The molecule has 0 amide bonds. The predicted molar refractivity (Wildman–Crippen MR) is 88.5 cm³/mol. The van der Waals surface area contributed by atoms with Gasteiger partial charge in [-0.15, -0.1) is 0 Å². The molecular formula is C17H31NO2. The molecule has 1 heterocycles. The van der Waals surface area contributed by atoms with Gasteiger partial charge in [0.25, 0.3) is 0 Å². The van der Waals surface area contributed by atoms with E-state index in [0.717, 1.165) is 24.5 Å². The predicted octanol–water partition coefficient (Wildman–Crippen LogP) is 4.53. The normalized spacial score (nSPS) is 12.8. The summed E-state index contributed by atoms with van der Waals surface area (Å²) in [5.74, 6) is 1.64. The van der Waals surface area contributed by atoms with Gasteiger partial charge in [0.15, 0.2) is 11.5 Å². The van der Waals surface area contributed by atoms with Crippen LogP contribution in [0, 0.1) is 0 Å². The van der Waals surface area contributed by atoms with Crippen molar-refractivity contribution >= 4 is 5.69 Å². The minimum absolute atomic E-state index is 0.815. The fraction of sp³-hybridized carbons (Fsp3) is 0.647. The highest BCUT2D eigenvalue weighted by Gasteiger charge is 2.16. The first-order valence-electron chi connectivity index (χ1n) is 7.72. The van der Waals surface area contributed by atoms with Crippen LogP contribution in [0.1, 0.15) is 46.1 Å². The van der Waals surface area contributed by atoms with Crippen LogP contribution in [0.3, 0.4) is 0 Å². The van der Waals surface area contributed by atoms with E-state index in [2.05, 4.69) is 24.1 Å². The van der Waals surface area contributed by atoms with E-state index in [4.69, 9.17) is 9.47 Å². The van der Waals surface area contributed by atoms with E-state index < -0.39 is 0 Å². The van der Waals surface area contributed by atoms with Crippen molar-refractivity contribution in [2.24, 2.45) is 0 Å². The topological polar surface area (TPSA) is 21.7 Å². The number of hydrogen-bond donors (Lipinski definition) is 0.